The van der Waals surface area contributed by atoms with Gasteiger partial charge in [-0.1, -0.05) is 12.5 Å². The number of rotatable bonds is 5. The van der Waals surface area contributed by atoms with Crippen LogP contribution in [0.2, 0.25) is 0 Å². The van der Waals surface area contributed by atoms with Crippen molar-refractivity contribution in [2.24, 2.45) is 0 Å². The van der Waals surface area contributed by atoms with Gasteiger partial charge in [0.05, 0.1) is 19.6 Å². The fraction of sp³-hybridized carbons (Fsp3) is 0.304. The van der Waals surface area contributed by atoms with Gasteiger partial charge in [-0.25, -0.2) is 9.97 Å². The summed E-state index contributed by atoms with van der Waals surface area (Å²) >= 11 is 0. The maximum absolute atomic E-state index is 12.0. The van der Waals surface area contributed by atoms with Crippen LogP contribution in [-0.4, -0.2) is 71.4 Å². The summed E-state index contributed by atoms with van der Waals surface area (Å²) in [5.74, 6) is 8.23. The summed E-state index contributed by atoms with van der Waals surface area (Å²) < 4.78 is 10.6. The number of aromatic nitrogens is 4. The first kappa shape index (κ1) is 21.2. The average molecular weight is 432 g/mol. The molecule has 1 aliphatic heterocycles. The Morgan fingerprint density at radius 3 is 2.69 bits per heavy atom. The van der Waals surface area contributed by atoms with Crippen LogP contribution in [-0.2, 0) is 4.79 Å². The number of nitrogens with one attached hydrogen (secondary N) is 1. The van der Waals surface area contributed by atoms with Crippen molar-refractivity contribution in [3.8, 4) is 23.3 Å². The van der Waals surface area contributed by atoms with Crippen molar-refractivity contribution < 1.29 is 14.3 Å². The normalized spacial score (nSPS) is 15.2. The molecule has 1 aromatic carbocycles. The van der Waals surface area contributed by atoms with E-state index in [0.29, 0.717) is 41.7 Å². The van der Waals surface area contributed by atoms with Crippen molar-refractivity contribution in [1.29, 1.82) is 0 Å². The number of H-pyrrole nitrogens is 1. The third kappa shape index (κ3) is 4.07. The average Bonchev–Trinajstić information content (AvgIpc) is 3.49. The highest BCUT2D eigenvalue weighted by atomic mass is 16.5. The highest BCUT2D eigenvalue weighted by molar-refractivity contribution is 5.92. The molecular formula is C23H24N6O3. The molecule has 0 radical (unpaired) electrons. The Kier molecular flexibility index (Phi) is 5.94. The fourth-order valence-corrected chi connectivity index (χ4v) is 3.77. The number of likely N-dealkylation sites (N-methyl/N-ethyl adjacent to an activating group) is 1. The first-order valence-electron chi connectivity index (χ1n) is 10.1. The number of nitrogens with zero attached hydrogens (tertiary/aromatic N) is 5. The van der Waals surface area contributed by atoms with Gasteiger partial charge in [-0.15, -0.1) is 0 Å². The number of likely N-dealkylation sites (tertiary alicyclic amines) is 1. The molecule has 9 nitrogen and oxygen atoms in total. The Hall–Kier alpha value is -4.06. The van der Waals surface area contributed by atoms with Crippen LogP contribution in [0.5, 0.6) is 11.5 Å². The second-order valence-corrected chi connectivity index (χ2v) is 7.39. The molecule has 0 bridgehead atoms. The van der Waals surface area contributed by atoms with Gasteiger partial charge >= 0.3 is 0 Å². The summed E-state index contributed by atoms with van der Waals surface area (Å²) in [7, 11) is 5.15. The number of hydrogen-bond donors (Lipinski definition) is 1. The third-order valence-corrected chi connectivity index (χ3v) is 5.55. The molecule has 1 unspecified atom stereocenters. The molecule has 1 atom stereocenters. The van der Waals surface area contributed by atoms with Crippen molar-refractivity contribution in [1.82, 2.24) is 25.1 Å². The Bertz CT molecular complexity index is 1200. The highest BCUT2D eigenvalue weighted by Gasteiger charge is 2.30. The van der Waals surface area contributed by atoms with Crippen molar-refractivity contribution in [3.05, 3.63) is 48.4 Å². The van der Waals surface area contributed by atoms with E-state index in [1.807, 2.05) is 19.2 Å². The molecule has 2 aromatic heterocycles. The maximum Gasteiger partial charge on any atom is 0.246 e. The summed E-state index contributed by atoms with van der Waals surface area (Å²) in [6.07, 6.45) is 3.64. The molecule has 0 saturated carbocycles. The second-order valence-electron chi connectivity index (χ2n) is 7.39. The summed E-state index contributed by atoms with van der Waals surface area (Å²) in [6.45, 7) is 4.86. The van der Waals surface area contributed by atoms with Gasteiger partial charge in [-0.05, 0) is 30.6 Å². The smallest absolute Gasteiger partial charge is 0.246 e. The first-order valence-corrected chi connectivity index (χ1v) is 10.1. The minimum Gasteiger partial charge on any atom is -0.497 e. The standard InChI is InChI=1S/C23H24N6O3/c1-5-20(30)29-9-8-16(13-29)28(2)23-21-19(24-14-25-22(21)26-27-23)7-6-15-10-17(31-3)12-18(11-15)32-4/h5,10-12,14,16H,1,8-9,13H2,2-4H3,(H,24,25,26,27). The zero-order chi connectivity index (χ0) is 22.7. The van der Waals surface area contributed by atoms with Crippen LogP contribution in [0.15, 0.2) is 37.2 Å². The summed E-state index contributed by atoms with van der Waals surface area (Å²) in [5, 5.41) is 8.17. The van der Waals surface area contributed by atoms with Crippen LogP contribution in [0, 0.1) is 11.8 Å². The molecule has 9 heteroatoms. The van der Waals surface area contributed by atoms with Crippen LogP contribution >= 0.6 is 0 Å². The van der Waals surface area contributed by atoms with E-state index in [-0.39, 0.29) is 11.9 Å². The molecule has 0 aliphatic carbocycles. The van der Waals surface area contributed by atoms with Crippen LogP contribution in [0.1, 0.15) is 17.7 Å². The van der Waals surface area contributed by atoms with Crippen LogP contribution < -0.4 is 14.4 Å². The number of hydrogen-bond acceptors (Lipinski definition) is 7. The predicted molar refractivity (Wildman–Crippen MR) is 121 cm³/mol. The number of carbonyl (C=O) groups is 1. The number of methoxy groups -OCH3 is 2. The molecule has 1 fully saturated rings. The summed E-state index contributed by atoms with van der Waals surface area (Å²) in [4.78, 5) is 24.5. The lowest BCUT2D eigenvalue weighted by Crippen LogP contribution is -2.36. The van der Waals surface area contributed by atoms with Gasteiger partial charge < -0.3 is 19.3 Å². The topological polar surface area (TPSA) is 96.5 Å². The summed E-state index contributed by atoms with van der Waals surface area (Å²) in [5.41, 5.74) is 1.90. The molecule has 4 rings (SSSR count). The Morgan fingerprint density at radius 2 is 2.00 bits per heavy atom. The Morgan fingerprint density at radius 1 is 1.25 bits per heavy atom. The number of fused-ring (bicyclic) bond motifs is 1. The molecule has 0 spiro atoms. The Labute approximate surface area is 186 Å². The van der Waals surface area contributed by atoms with E-state index in [4.69, 9.17) is 9.47 Å². The van der Waals surface area contributed by atoms with Gasteiger partial charge in [0.25, 0.3) is 0 Å². The number of carbonyl (C=O) groups excluding carboxylic acids is 1. The zero-order valence-corrected chi connectivity index (χ0v) is 18.3. The van der Waals surface area contributed by atoms with Crippen LogP contribution in [0.25, 0.3) is 11.0 Å². The molecule has 1 N–H and O–H groups in total. The van der Waals surface area contributed by atoms with Gasteiger partial charge in [-0.3, -0.25) is 9.89 Å². The van der Waals surface area contributed by atoms with E-state index in [0.717, 1.165) is 17.4 Å². The van der Waals surface area contributed by atoms with E-state index >= 15 is 0 Å². The van der Waals surface area contributed by atoms with Crippen molar-refractivity contribution in [2.45, 2.75) is 12.5 Å². The monoisotopic (exact) mass is 432 g/mol. The molecule has 32 heavy (non-hydrogen) atoms. The zero-order valence-electron chi connectivity index (χ0n) is 18.3. The summed E-state index contributed by atoms with van der Waals surface area (Å²) in [6, 6.07) is 5.58. The van der Waals surface area contributed by atoms with Gasteiger partial charge in [0, 0.05) is 37.8 Å². The van der Waals surface area contributed by atoms with E-state index in [9.17, 15) is 4.79 Å². The SMILES string of the molecule is C=CC(=O)N1CCC(N(C)c2n[nH]c3ncnc(C#Cc4cc(OC)cc(OC)c4)c23)C1. The molecule has 164 valence electrons. The number of amides is 1. The van der Waals surface area contributed by atoms with Gasteiger partial charge in [-0.2, -0.15) is 5.10 Å². The van der Waals surface area contributed by atoms with Gasteiger partial charge in [0.1, 0.15) is 23.5 Å². The molecule has 1 saturated heterocycles. The molecule has 3 aromatic rings. The first-order chi connectivity index (χ1) is 15.5. The highest BCUT2D eigenvalue weighted by Crippen LogP contribution is 2.28. The van der Waals surface area contributed by atoms with E-state index in [2.05, 4.69) is 43.5 Å². The van der Waals surface area contributed by atoms with Gasteiger partial charge in [0.2, 0.25) is 5.91 Å². The number of anilines is 1. The van der Waals surface area contributed by atoms with Crippen LogP contribution in [0.3, 0.4) is 0 Å². The molecule has 1 amide bonds. The second kappa shape index (κ2) is 8.98. The predicted octanol–water partition coefficient (Wildman–Crippen LogP) is 1.99. The van der Waals surface area contributed by atoms with Crippen molar-refractivity contribution in [3.63, 3.8) is 0 Å². The third-order valence-electron chi connectivity index (χ3n) is 5.55. The largest absolute Gasteiger partial charge is 0.497 e. The van der Waals surface area contributed by atoms with E-state index in [1.54, 1.807) is 25.2 Å². The fourth-order valence-electron chi connectivity index (χ4n) is 3.77. The van der Waals surface area contributed by atoms with E-state index < -0.39 is 0 Å². The number of benzene rings is 1. The lowest BCUT2D eigenvalue weighted by Gasteiger charge is -2.24. The van der Waals surface area contributed by atoms with E-state index in [1.165, 1.54) is 12.4 Å². The van der Waals surface area contributed by atoms with Crippen molar-refractivity contribution in [2.75, 3.05) is 39.3 Å². The van der Waals surface area contributed by atoms with Crippen LogP contribution in [0.4, 0.5) is 5.82 Å². The minimum absolute atomic E-state index is 0.0589. The molecule has 1 aliphatic rings. The lowest BCUT2D eigenvalue weighted by atomic mass is 10.1. The molecule has 3 heterocycles. The number of aromatic amines is 1. The minimum atomic E-state index is -0.0589. The van der Waals surface area contributed by atoms with Crippen molar-refractivity contribution >= 4 is 22.8 Å². The lowest BCUT2D eigenvalue weighted by molar-refractivity contribution is -0.125. The molecular weight excluding hydrogens is 408 g/mol. The Balaban J connectivity index is 1.67. The maximum atomic E-state index is 12.0. The number of ether oxygens (including phenoxy) is 2. The quantitative estimate of drug-likeness (QED) is 0.487. The van der Waals surface area contributed by atoms with Gasteiger partial charge in [0.15, 0.2) is 11.5 Å².